The third kappa shape index (κ3) is 2.71. The first kappa shape index (κ1) is 11.4. The van der Waals surface area contributed by atoms with E-state index in [4.69, 9.17) is 0 Å². The van der Waals surface area contributed by atoms with Gasteiger partial charge < -0.3 is 10.2 Å². The zero-order valence-electron chi connectivity index (χ0n) is 10.2. The molecule has 88 valence electrons. The summed E-state index contributed by atoms with van der Waals surface area (Å²) in [5.41, 5.74) is 0. The number of hydrogen-bond acceptors (Lipinski definition) is 3. The van der Waals surface area contributed by atoms with Gasteiger partial charge in [-0.1, -0.05) is 13.8 Å². The lowest BCUT2D eigenvalue weighted by Crippen LogP contribution is -2.52. The molecule has 1 N–H and O–H groups in total. The van der Waals surface area contributed by atoms with Gasteiger partial charge in [0.05, 0.1) is 0 Å². The molecule has 2 atom stereocenters. The number of nitrogens with one attached hydrogen (secondary N) is 1. The first-order chi connectivity index (χ1) is 7.31. The normalized spacial score (nSPS) is 34.8. The van der Waals surface area contributed by atoms with Gasteiger partial charge in [0.15, 0.2) is 0 Å². The smallest absolute Gasteiger partial charge is 0.0259 e. The first-order valence-corrected chi connectivity index (χ1v) is 6.48. The summed E-state index contributed by atoms with van der Waals surface area (Å²) in [6.45, 7) is 13.4. The molecule has 0 radical (unpaired) electrons. The molecule has 2 rings (SSSR count). The molecule has 0 aromatic carbocycles. The van der Waals surface area contributed by atoms with Gasteiger partial charge >= 0.3 is 0 Å². The molecule has 2 aliphatic heterocycles. The molecule has 2 unspecified atom stereocenters. The zero-order valence-corrected chi connectivity index (χ0v) is 10.2. The SMILES string of the molecule is CCCN1CCN(C2CNCC2C)CC1. The van der Waals surface area contributed by atoms with E-state index in [1.54, 1.807) is 0 Å². The van der Waals surface area contributed by atoms with Gasteiger partial charge in [-0.2, -0.15) is 0 Å². The molecule has 0 aromatic heterocycles. The lowest BCUT2D eigenvalue weighted by atomic mass is 10.0. The van der Waals surface area contributed by atoms with Crippen molar-refractivity contribution in [3.8, 4) is 0 Å². The Labute approximate surface area is 93.8 Å². The molecule has 0 amide bonds. The fraction of sp³-hybridized carbons (Fsp3) is 1.00. The van der Waals surface area contributed by atoms with E-state index < -0.39 is 0 Å². The number of hydrogen-bond donors (Lipinski definition) is 1. The van der Waals surface area contributed by atoms with Crippen LogP contribution in [0.3, 0.4) is 0 Å². The predicted molar refractivity (Wildman–Crippen MR) is 64.1 cm³/mol. The Hall–Kier alpha value is -0.120. The molecule has 3 heteroatoms. The van der Waals surface area contributed by atoms with Crippen LogP contribution < -0.4 is 5.32 Å². The minimum atomic E-state index is 0.800. The van der Waals surface area contributed by atoms with Crippen molar-refractivity contribution in [2.24, 2.45) is 5.92 Å². The third-order valence-electron chi connectivity index (χ3n) is 3.89. The summed E-state index contributed by atoms with van der Waals surface area (Å²) in [6, 6.07) is 0.800. The van der Waals surface area contributed by atoms with E-state index >= 15 is 0 Å². The monoisotopic (exact) mass is 211 g/mol. The van der Waals surface area contributed by atoms with Crippen LogP contribution >= 0.6 is 0 Å². The molecular weight excluding hydrogens is 186 g/mol. The molecule has 0 aromatic rings. The standard InChI is InChI=1S/C12H25N3/c1-3-4-14-5-7-15(8-6-14)12-10-13-9-11(12)2/h11-13H,3-10H2,1-2H3. The fourth-order valence-corrected chi connectivity index (χ4v) is 2.92. The molecule has 3 nitrogen and oxygen atoms in total. The summed E-state index contributed by atoms with van der Waals surface area (Å²) < 4.78 is 0. The van der Waals surface area contributed by atoms with Crippen molar-refractivity contribution in [1.29, 1.82) is 0 Å². The Balaban J connectivity index is 1.77. The van der Waals surface area contributed by atoms with E-state index in [1.807, 2.05) is 0 Å². The number of rotatable bonds is 3. The average molecular weight is 211 g/mol. The quantitative estimate of drug-likeness (QED) is 0.738. The van der Waals surface area contributed by atoms with Crippen LogP contribution in [0.4, 0.5) is 0 Å². The maximum atomic E-state index is 3.50. The summed E-state index contributed by atoms with van der Waals surface area (Å²) in [5.74, 6) is 0.836. The second-order valence-corrected chi connectivity index (χ2v) is 5.08. The Morgan fingerprint density at radius 1 is 1.13 bits per heavy atom. The van der Waals surface area contributed by atoms with Crippen LogP contribution in [0.1, 0.15) is 20.3 Å². The zero-order chi connectivity index (χ0) is 10.7. The highest BCUT2D eigenvalue weighted by molar-refractivity contribution is 4.88. The van der Waals surface area contributed by atoms with Crippen LogP contribution in [0.5, 0.6) is 0 Å². The largest absolute Gasteiger partial charge is 0.315 e. The minimum absolute atomic E-state index is 0.800. The van der Waals surface area contributed by atoms with Gasteiger partial charge in [-0.3, -0.25) is 4.90 Å². The van der Waals surface area contributed by atoms with Crippen molar-refractivity contribution < 1.29 is 0 Å². The third-order valence-corrected chi connectivity index (χ3v) is 3.89. The molecule has 0 aliphatic carbocycles. The van der Waals surface area contributed by atoms with Crippen molar-refractivity contribution in [2.75, 3.05) is 45.8 Å². The van der Waals surface area contributed by atoms with Gasteiger partial charge in [0.2, 0.25) is 0 Å². The van der Waals surface area contributed by atoms with Crippen molar-refractivity contribution in [3.05, 3.63) is 0 Å². The summed E-state index contributed by atoms with van der Waals surface area (Å²) in [6.07, 6.45) is 1.29. The van der Waals surface area contributed by atoms with Gasteiger partial charge in [0, 0.05) is 38.8 Å². The Kier molecular flexibility index (Phi) is 4.00. The maximum absolute atomic E-state index is 3.50. The molecular formula is C12H25N3. The summed E-state index contributed by atoms with van der Waals surface area (Å²) in [4.78, 5) is 5.29. The summed E-state index contributed by atoms with van der Waals surface area (Å²) in [7, 11) is 0. The molecule has 0 bridgehead atoms. The van der Waals surface area contributed by atoms with Crippen LogP contribution in [0.25, 0.3) is 0 Å². The maximum Gasteiger partial charge on any atom is 0.0259 e. The van der Waals surface area contributed by atoms with E-state index in [9.17, 15) is 0 Å². The lowest BCUT2D eigenvalue weighted by Gasteiger charge is -2.39. The Morgan fingerprint density at radius 2 is 1.87 bits per heavy atom. The highest BCUT2D eigenvalue weighted by Crippen LogP contribution is 2.17. The second-order valence-electron chi connectivity index (χ2n) is 5.08. The van der Waals surface area contributed by atoms with Crippen LogP contribution in [-0.2, 0) is 0 Å². The van der Waals surface area contributed by atoms with E-state index in [2.05, 4.69) is 29.0 Å². The number of piperazine rings is 1. The van der Waals surface area contributed by atoms with Crippen molar-refractivity contribution >= 4 is 0 Å². The Bertz CT molecular complexity index is 187. The van der Waals surface area contributed by atoms with E-state index in [0.29, 0.717) is 0 Å². The van der Waals surface area contributed by atoms with Crippen molar-refractivity contribution in [3.63, 3.8) is 0 Å². The van der Waals surface area contributed by atoms with Crippen LogP contribution in [-0.4, -0.2) is 61.7 Å². The van der Waals surface area contributed by atoms with Crippen LogP contribution in [0.2, 0.25) is 0 Å². The molecule has 2 saturated heterocycles. The molecule has 2 aliphatic rings. The topological polar surface area (TPSA) is 18.5 Å². The van der Waals surface area contributed by atoms with Gasteiger partial charge in [-0.05, 0) is 25.4 Å². The molecule has 0 saturated carbocycles. The van der Waals surface area contributed by atoms with Gasteiger partial charge in [0.1, 0.15) is 0 Å². The first-order valence-electron chi connectivity index (χ1n) is 6.48. The molecule has 2 heterocycles. The molecule has 2 fully saturated rings. The highest BCUT2D eigenvalue weighted by atomic mass is 15.3. The van der Waals surface area contributed by atoms with Crippen molar-refractivity contribution in [2.45, 2.75) is 26.3 Å². The van der Waals surface area contributed by atoms with E-state index in [1.165, 1.54) is 52.2 Å². The van der Waals surface area contributed by atoms with Crippen LogP contribution in [0, 0.1) is 5.92 Å². The van der Waals surface area contributed by atoms with Gasteiger partial charge in [0.25, 0.3) is 0 Å². The summed E-state index contributed by atoms with van der Waals surface area (Å²) >= 11 is 0. The molecule has 0 spiro atoms. The van der Waals surface area contributed by atoms with E-state index in [0.717, 1.165) is 12.0 Å². The molecule has 15 heavy (non-hydrogen) atoms. The second kappa shape index (κ2) is 5.28. The summed E-state index contributed by atoms with van der Waals surface area (Å²) in [5, 5.41) is 3.50. The number of nitrogens with zero attached hydrogens (tertiary/aromatic N) is 2. The van der Waals surface area contributed by atoms with Crippen LogP contribution in [0.15, 0.2) is 0 Å². The average Bonchev–Trinajstić information content (AvgIpc) is 2.66. The highest BCUT2D eigenvalue weighted by Gasteiger charge is 2.30. The Morgan fingerprint density at radius 3 is 2.40 bits per heavy atom. The van der Waals surface area contributed by atoms with Crippen molar-refractivity contribution in [1.82, 2.24) is 15.1 Å². The predicted octanol–water partition coefficient (Wildman–Crippen LogP) is 0.622. The fourth-order valence-electron chi connectivity index (χ4n) is 2.92. The lowest BCUT2D eigenvalue weighted by molar-refractivity contribution is 0.0887. The van der Waals surface area contributed by atoms with Gasteiger partial charge in [-0.25, -0.2) is 0 Å². The van der Waals surface area contributed by atoms with Gasteiger partial charge in [-0.15, -0.1) is 0 Å². The van der Waals surface area contributed by atoms with E-state index in [-0.39, 0.29) is 0 Å². The minimum Gasteiger partial charge on any atom is -0.315 e.